The Labute approximate surface area is 133 Å². The van der Waals surface area contributed by atoms with Gasteiger partial charge in [0.15, 0.2) is 0 Å². The minimum Gasteiger partial charge on any atom is -0.273 e. The van der Waals surface area contributed by atoms with Crippen LogP contribution in [0.25, 0.3) is 0 Å². The number of fused-ring (bicyclic) bond motifs is 7. The van der Waals surface area contributed by atoms with Crippen LogP contribution in [0.1, 0.15) is 38.5 Å². The van der Waals surface area contributed by atoms with Crippen molar-refractivity contribution in [3.63, 3.8) is 0 Å². The standard InChI is InChI=1S/C14H24N2O4S2/c1-21(17,18)15-10-9-11-7-8-13(15)14-6-4-3-5-12(11)16(14)22(2,19)20/h9-14H,3-8H2,1-2H3/t11-,12-,13+,14-/m0/s1. The van der Waals surface area contributed by atoms with Crippen LogP contribution in [0.4, 0.5) is 0 Å². The summed E-state index contributed by atoms with van der Waals surface area (Å²) in [6.45, 7) is 0. The van der Waals surface area contributed by atoms with Crippen LogP contribution in [-0.2, 0) is 20.0 Å². The Morgan fingerprint density at radius 2 is 1.45 bits per heavy atom. The van der Waals surface area contributed by atoms with Crippen molar-refractivity contribution in [2.24, 2.45) is 5.92 Å². The van der Waals surface area contributed by atoms with Crippen LogP contribution in [0, 0.1) is 5.92 Å². The third kappa shape index (κ3) is 2.80. The lowest BCUT2D eigenvalue weighted by atomic mass is 9.91. The maximum absolute atomic E-state index is 12.4. The van der Waals surface area contributed by atoms with Crippen LogP contribution < -0.4 is 0 Å². The molecular formula is C14H24N2O4S2. The summed E-state index contributed by atoms with van der Waals surface area (Å²) in [7, 11) is -6.76. The molecule has 2 saturated heterocycles. The van der Waals surface area contributed by atoms with Gasteiger partial charge in [0.25, 0.3) is 0 Å². The molecule has 0 spiro atoms. The first-order valence-electron chi connectivity index (χ1n) is 7.85. The fraction of sp³-hybridized carbons (Fsp3) is 0.857. The van der Waals surface area contributed by atoms with E-state index in [1.165, 1.54) is 16.8 Å². The van der Waals surface area contributed by atoms with Gasteiger partial charge in [0, 0.05) is 18.3 Å². The molecule has 2 fully saturated rings. The summed E-state index contributed by atoms with van der Waals surface area (Å²) < 4.78 is 52.2. The smallest absolute Gasteiger partial charge is 0.232 e. The van der Waals surface area contributed by atoms with E-state index >= 15 is 0 Å². The van der Waals surface area contributed by atoms with Crippen molar-refractivity contribution in [1.82, 2.24) is 8.61 Å². The Morgan fingerprint density at radius 1 is 0.818 bits per heavy atom. The van der Waals surface area contributed by atoms with Gasteiger partial charge in [-0.3, -0.25) is 4.31 Å². The summed E-state index contributed by atoms with van der Waals surface area (Å²) >= 11 is 0. The summed E-state index contributed by atoms with van der Waals surface area (Å²) in [6.07, 6.45) is 11.2. The highest BCUT2D eigenvalue weighted by atomic mass is 32.2. The van der Waals surface area contributed by atoms with Gasteiger partial charge in [-0.1, -0.05) is 18.9 Å². The zero-order chi connectivity index (χ0) is 16.1. The van der Waals surface area contributed by atoms with E-state index < -0.39 is 20.0 Å². The van der Waals surface area contributed by atoms with E-state index in [0.29, 0.717) is 0 Å². The minimum atomic E-state index is -3.39. The van der Waals surface area contributed by atoms with E-state index in [2.05, 4.69) is 0 Å². The highest BCUT2D eigenvalue weighted by Gasteiger charge is 2.48. The SMILES string of the molecule is CS(=O)(=O)N1C=C[C@@H]2CC[C@@H]1[C@@H]1CCCC[C@@H]2N1S(C)(=O)=O. The number of rotatable bonds is 2. The molecule has 4 bridgehead atoms. The zero-order valence-corrected chi connectivity index (χ0v) is 14.7. The van der Waals surface area contributed by atoms with Gasteiger partial charge in [0.2, 0.25) is 20.0 Å². The molecule has 6 nitrogen and oxygen atoms in total. The summed E-state index contributed by atoms with van der Waals surface area (Å²) in [6, 6.07) is -0.549. The van der Waals surface area contributed by atoms with E-state index in [0.717, 1.165) is 38.5 Å². The molecule has 3 heterocycles. The van der Waals surface area contributed by atoms with Crippen molar-refractivity contribution in [1.29, 1.82) is 0 Å². The average molecular weight is 348 g/mol. The Bertz CT molecular complexity index is 671. The average Bonchev–Trinajstić information content (AvgIpc) is 2.78. The molecular weight excluding hydrogens is 324 g/mol. The van der Waals surface area contributed by atoms with Crippen LogP contribution in [0.5, 0.6) is 0 Å². The van der Waals surface area contributed by atoms with Crippen LogP contribution in [0.15, 0.2) is 12.3 Å². The summed E-state index contributed by atoms with van der Waals surface area (Å²) in [4.78, 5) is 0. The first-order chi connectivity index (χ1) is 10.2. The lowest BCUT2D eigenvalue weighted by Gasteiger charge is -2.41. The number of hydrogen-bond donors (Lipinski definition) is 0. The molecule has 22 heavy (non-hydrogen) atoms. The fourth-order valence-corrected chi connectivity index (χ4v) is 6.92. The van der Waals surface area contributed by atoms with Gasteiger partial charge >= 0.3 is 0 Å². The molecule has 0 aromatic rings. The Kier molecular flexibility index (Phi) is 4.06. The molecule has 0 unspecified atom stereocenters. The highest BCUT2D eigenvalue weighted by Crippen LogP contribution is 2.41. The molecule has 3 aliphatic heterocycles. The second-order valence-electron chi connectivity index (χ2n) is 6.76. The Hall–Kier alpha value is -0.600. The predicted octanol–water partition coefficient (Wildman–Crippen LogP) is 1.13. The number of sulfonamides is 2. The zero-order valence-electron chi connectivity index (χ0n) is 13.1. The fourth-order valence-electron chi connectivity index (χ4n) is 4.40. The summed E-state index contributed by atoms with van der Waals surface area (Å²) in [5, 5.41) is 0. The van der Waals surface area contributed by atoms with Crippen molar-refractivity contribution in [2.45, 2.75) is 56.7 Å². The maximum atomic E-state index is 12.4. The van der Waals surface area contributed by atoms with E-state index in [-0.39, 0.29) is 24.0 Å². The molecule has 0 saturated carbocycles. The molecule has 0 amide bonds. The quantitative estimate of drug-likeness (QED) is 0.750. The second-order valence-corrected chi connectivity index (χ2v) is 10.5. The van der Waals surface area contributed by atoms with E-state index in [9.17, 15) is 16.8 Å². The molecule has 3 rings (SSSR count). The molecule has 126 valence electrons. The minimum absolute atomic E-state index is 0.0227. The summed E-state index contributed by atoms with van der Waals surface area (Å²) in [5.41, 5.74) is 0. The van der Waals surface area contributed by atoms with Gasteiger partial charge in [-0.2, -0.15) is 4.31 Å². The van der Waals surface area contributed by atoms with Gasteiger partial charge in [0.05, 0.1) is 18.6 Å². The Balaban J connectivity index is 2.16. The van der Waals surface area contributed by atoms with Gasteiger partial charge < -0.3 is 0 Å². The lowest BCUT2D eigenvalue weighted by Crippen LogP contribution is -2.55. The van der Waals surface area contributed by atoms with Gasteiger partial charge in [-0.15, -0.1) is 0 Å². The molecule has 0 aliphatic carbocycles. The Morgan fingerprint density at radius 3 is 2.05 bits per heavy atom. The van der Waals surface area contributed by atoms with E-state index in [1.54, 1.807) is 10.5 Å². The third-order valence-electron chi connectivity index (χ3n) is 5.21. The first kappa shape index (κ1) is 16.3. The molecule has 0 radical (unpaired) electrons. The van der Waals surface area contributed by atoms with E-state index in [4.69, 9.17) is 0 Å². The van der Waals surface area contributed by atoms with Crippen LogP contribution in [0.3, 0.4) is 0 Å². The van der Waals surface area contributed by atoms with Crippen molar-refractivity contribution < 1.29 is 16.8 Å². The van der Waals surface area contributed by atoms with Crippen LogP contribution in [-0.4, -0.2) is 56.1 Å². The molecule has 0 N–H and O–H groups in total. The normalized spacial score (nSPS) is 36.7. The molecule has 4 atom stereocenters. The van der Waals surface area contributed by atoms with Gasteiger partial charge in [-0.05, 0) is 31.6 Å². The monoisotopic (exact) mass is 348 g/mol. The first-order valence-corrected chi connectivity index (χ1v) is 11.5. The maximum Gasteiger partial charge on any atom is 0.232 e. The van der Waals surface area contributed by atoms with Crippen LogP contribution in [0.2, 0.25) is 0 Å². The van der Waals surface area contributed by atoms with Crippen molar-refractivity contribution >= 4 is 20.0 Å². The molecule has 3 aliphatic rings. The van der Waals surface area contributed by atoms with Crippen LogP contribution >= 0.6 is 0 Å². The third-order valence-corrected chi connectivity index (χ3v) is 7.68. The van der Waals surface area contributed by atoms with Gasteiger partial charge in [0.1, 0.15) is 0 Å². The molecule has 8 heteroatoms. The highest BCUT2D eigenvalue weighted by molar-refractivity contribution is 7.88. The second kappa shape index (κ2) is 5.49. The largest absolute Gasteiger partial charge is 0.273 e. The predicted molar refractivity (Wildman–Crippen MR) is 85.1 cm³/mol. The molecule has 0 aromatic carbocycles. The van der Waals surface area contributed by atoms with Crippen molar-refractivity contribution in [2.75, 3.05) is 12.5 Å². The van der Waals surface area contributed by atoms with E-state index in [1.807, 2.05) is 6.08 Å². The van der Waals surface area contributed by atoms with Gasteiger partial charge in [-0.25, -0.2) is 16.8 Å². The summed E-state index contributed by atoms with van der Waals surface area (Å²) in [5.74, 6) is 0.104. The number of nitrogens with zero attached hydrogens (tertiary/aromatic N) is 2. The van der Waals surface area contributed by atoms with Crippen molar-refractivity contribution in [3.8, 4) is 0 Å². The topological polar surface area (TPSA) is 74.8 Å². The lowest BCUT2D eigenvalue weighted by molar-refractivity contribution is 0.177. The molecule has 0 aromatic heterocycles. The number of hydrogen-bond acceptors (Lipinski definition) is 4. The van der Waals surface area contributed by atoms with Crippen molar-refractivity contribution in [3.05, 3.63) is 12.3 Å².